The standard InChI is InChI=1S/C31H39NO3/c1-4-27(5-2)32-29(33)25-15-16-28-24(19-25)13-10-14-26-21-30(34,22-35-6-3)17-18-31(26,28)20-23-11-8-7-9-12-23/h4-5,7-9,11-12,15-16,19,26,34H,1,6,10,13-14,17-18,20-22H2,2-3H3,(H,32,33). The molecule has 2 aromatic rings. The van der Waals surface area contributed by atoms with Gasteiger partial charge in [-0.2, -0.15) is 0 Å². The zero-order valence-corrected chi connectivity index (χ0v) is 21.2. The van der Waals surface area contributed by atoms with Crippen molar-refractivity contribution in [1.29, 1.82) is 0 Å². The van der Waals surface area contributed by atoms with Crippen LogP contribution in [0.2, 0.25) is 0 Å². The first-order valence-corrected chi connectivity index (χ1v) is 13.0. The number of allylic oxidation sites excluding steroid dienone is 2. The van der Waals surface area contributed by atoms with Gasteiger partial charge in [0.15, 0.2) is 0 Å². The molecule has 2 N–H and O–H groups in total. The molecule has 4 nitrogen and oxygen atoms in total. The zero-order chi connectivity index (χ0) is 24.9. The van der Waals surface area contributed by atoms with Crippen molar-refractivity contribution >= 4 is 5.91 Å². The van der Waals surface area contributed by atoms with Gasteiger partial charge in [-0.05, 0) is 99.6 Å². The van der Waals surface area contributed by atoms with E-state index in [9.17, 15) is 9.90 Å². The Morgan fingerprint density at radius 2 is 2.03 bits per heavy atom. The van der Waals surface area contributed by atoms with Crippen molar-refractivity contribution in [2.24, 2.45) is 5.92 Å². The summed E-state index contributed by atoms with van der Waals surface area (Å²) in [7, 11) is 0. The average molecular weight is 474 g/mol. The third-order valence-corrected chi connectivity index (χ3v) is 8.07. The van der Waals surface area contributed by atoms with Crippen LogP contribution in [0, 0.1) is 5.92 Å². The minimum atomic E-state index is -0.765. The van der Waals surface area contributed by atoms with Crippen LogP contribution < -0.4 is 5.32 Å². The maximum Gasteiger partial charge on any atom is 0.255 e. The lowest BCUT2D eigenvalue weighted by Crippen LogP contribution is -2.51. The number of hydrogen-bond donors (Lipinski definition) is 2. The number of amides is 1. The summed E-state index contributed by atoms with van der Waals surface area (Å²) in [6.07, 6.45) is 9.91. The van der Waals surface area contributed by atoms with Crippen molar-refractivity contribution in [3.05, 3.63) is 95.2 Å². The van der Waals surface area contributed by atoms with Crippen molar-refractivity contribution in [3.8, 4) is 0 Å². The summed E-state index contributed by atoms with van der Waals surface area (Å²) in [5, 5.41) is 14.4. The van der Waals surface area contributed by atoms with E-state index in [1.54, 1.807) is 6.08 Å². The van der Waals surface area contributed by atoms with Gasteiger partial charge in [0.25, 0.3) is 5.91 Å². The Labute approximate surface area is 210 Å². The second kappa shape index (κ2) is 10.9. The van der Waals surface area contributed by atoms with Gasteiger partial charge in [0.2, 0.25) is 0 Å². The lowest BCUT2D eigenvalue weighted by molar-refractivity contribution is -0.0970. The number of rotatable bonds is 8. The number of aryl methyl sites for hydroxylation is 1. The number of benzene rings is 2. The minimum absolute atomic E-state index is 0.0593. The minimum Gasteiger partial charge on any atom is -0.387 e. The van der Waals surface area contributed by atoms with Gasteiger partial charge < -0.3 is 15.2 Å². The van der Waals surface area contributed by atoms with Crippen LogP contribution in [0.25, 0.3) is 0 Å². The van der Waals surface area contributed by atoms with Gasteiger partial charge in [-0.25, -0.2) is 0 Å². The maximum atomic E-state index is 12.9. The number of ether oxygens (including phenoxy) is 1. The second-order valence-corrected chi connectivity index (χ2v) is 10.2. The van der Waals surface area contributed by atoms with Crippen molar-refractivity contribution in [2.45, 2.75) is 69.8 Å². The van der Waals surface area contributed by atoms with E-state index in [0.717, 1.165) is 44.9 Å². The molecule has 1 amide bonds. The maximum absolute atomic E-state index is 12.9. The number of hydrogen-bond acceptors (Lipinski definition) is 3. The summed E-state index contributed by atoms with van der Waals surface area (Å²) in [5.74, 6) is 0.256. The highest BCUT2D eigenvalue weighted by atomic mass is 16.5. The van der Waals surface area contributed by atoms with Crippen LogP contribution in [-0.2, 0) is 23.0 Å². The molecule has 0 heterocycles. The highest BCUT2D eigenvalue weighted by Crippen LogP contribution is 2.53. The summed E-state index contributed by atoms with van der Waals surface area (Å²) < 4.78 is 5.69. The van der Waals surface area contributed by atoms with Crippen LogP contribution in [0.15, 0.2) is 73.0 Å². The van der Waals surface area contributed by atoms with Gasteiger partial charge in [0.1, 0.15) is 0 Å². The van der Waals surface area contributed by atoms with Gasteiger partial charge in [-0.15, -0.1) is 0 Å². The lowest BCUT2D eigenvalue weighted by atomic mass is 9.56. The monoisotopic (exact) mass is 473 g/mol. The van der Waals surface area contributed by atoms with Crippen molar-refractivity contribution in [1.82, 2.24) is 5.32 Å². The molecular formula is C31H39NO3. The summed E-state index contributed by atoms with van der Waals surface area (Å²) >= 11 is 0. The Kier molecular flexibility index (Phi) is 7.93. The van der Waals surface area contributed by atoms with E-state index in [2.05, 4.69) is 54.4 Å². The normalized spacial score (nSPS) is 26.3. The van der Waals surface area contributed by atoms with Crippen LogP contribution in [0.4, 0.5) is 0 Å². The number of aliphatic hydroxyl groups is 1. The molecule has 4 rings (SSSR count). The predicted octanol–water partition coefficient (Wildman–Crippen LogP) is 5.89. The molecule has 2 aromatic carbocycles. The molecule has 2 aliphatic rings. The van der Waals surface area contributed by atoms with Crippen molar-refractivity contribution in [2.75, 3.05) is 13.2 Å². The van der Waals surface area contributed by atoms with Crippen LogP contribution >= 0.6 is 0 Å². The zero-order valence-electron chi connectivity index (χ0n) is 21.2. The Hall–Kier alpha value is -2.69. The van der Waals surface area contributed by atoms with E-state index in [0.29, 0.717) is 30.4 Å². The van der Waals surface area contributed by atoms with E-state index in [1.165, 1.54) is 16.7 Å². The lowest BCUT2D eigenvalue weighted by Gasteiger charge is -2.50. The Balaban J connectivity index is 1.73. The van der Waals surface area contributed by atoms with E-state index >= 15 is 0 Å². The van der Waals surface area contributed by atoms with Gasteiger partial charge >= 0.3 is 0 Å². The fraction of sp³-hybridized carbons (Fsp3) is 0.452. The van der Waals surface area contributed by atoms with Crippen molar-refractivity contribution < 1.29 is 14.6 Å². The molecule has 0 radical (unpaired) electrons. The largest absolute Gasteiger partial charge is 0.387 e. The molecule has 0 spiro atoms. The number of nitrogens with one attached hydrogen (secondary N) is 1. The van der Waals surface area contributed by atoms with E-state index < -0.39 is 5.60 Å². The fourth-order valence-electron chi connectivity index (χ4n) is 6.27. The molecule has 1 fully saturated rings. The molecule has 0 bridgehead atoms. The SMILES string of the molecule is C=CC(=CC)NC(=O)c1ccc2c(c1)CCCC1CC(O)(COCC)CCC21Cc1ccccc1. The van der Waals surface area contributed by atoms with Crippen LogP contribution in [-0.4, -0.2) is 29.8 Å². The van der Waals surface area contributed by atoms with Crippen molar-refractivity contribution in [3.63, 3.8) is 0 Å². The third kappa shape index (κ3) is 5.44. The highest BCUT2D eigenvalue weighted by molar-refractivity contribution is 5.95. The van der Waals surface area contributed by atoms with Crippen LogP contribution in [0.1, 0.15) is 73.0 Å². The first-order valence-electron chi connectivity index (χ1n) is 13.0. The number of fused-ring (bicyclic) bond motifs is 3. The molecule has 1 saturated carbocycles. The van der Waals surface area contributed by atoms with Gasteiger partial charge in [0, 0.05) is 23.3 Å². The topological polar surface area (TPSA) is 58.6 Å². The molecule has 3 atom stereocenters. The van der Waals surface area contributed by atoms with Gasteiger partial charge in [0.05, 0.1) is 12.2 Å². The molecular weight excluding hydrogens is 434 g/mol. The fourth-order valence-corrected chi connectivity index (χ4v) is 6.27. The summed E-state index contributed by atoms with van der Waals surface area (Å²) in [5.41, 5.74) is 4.52. The first kappa shape index (κ1) is 25.4. The summed E-state index contributed by atoms with van der Waals surface area (Å²) in [6.45, 7) is 8.67. The Morgan fingerprint density at radius 3 is 2.74 bits per heavy atom. The van der Waals surface area contributed by atoms with Crippen LogP contribution in [0.3, 0.4) is 0 Å². The van der Waals surface area contributed by atoms with Gasteiger partial charge in [-0.1, -0.05) is 49.1 Å². The molecule has 0 aromatic heterocycles. The van der Waals surface area contributed by atoms with Gasteiger partial charge in [-0.3, -0.25) is 4.79 Å². The third-order valence-electron chi connectivity index (χ3n) is 8.07. The molecule has 0 aliphatic heterocycles. The summed E-state index contributed by atoms with van der Waals surface area (Å²) in [4.78, 5) is 12.9. The predicted molar refractivity (Wildman–Crippen MR) is 141 cm³/mol. The number of carbonyl (C=O) groups excluding carboxylic acids is 1. The van der Waals surface area contributed by atoms with E-state index in [-0.39, 0.29) is 11.3 Å². The van der Waals surface area contributed by atoms with Crippen LogP contribution in [0.5, 0.6) is 0 Å². The quantitative estimate of drug-likeness (QED) is 0.470. The molecule has 4 heteroatoms. The molecule has 2 aliphatic carbocycles. The van der Waals surface area contributed by atoms with E-state index in [4.69, 9.17) is 4.74 Å². The first-order chi connectivity index (χ1) is 16.9. The van der Waals surface area contributed by atoms with E-state index in [1.807, 2.05) is 26.0 Å². The molecule has 35 heavy (non-hydrogen) atoms. The smallest absolute Gasteiger partial charge is 0.255 e. The molecule has 3 unspecified atom stereocenters. The highest BCUT2D eigenvalue weighted by Gasteiger charge is 2.50. The Bertz CT molecular complexity index is 1080. The molecule has 186 valence electrons. The number of carbonyl (C=O) groups is 1. The molecule has 0 saturated heterocycles. The second-order valence-electron chi connectivity index (χ2n) is 10.2. The average Bonchev–Trinajstić information content (AvgIpc) is 3.02. The Morgan fingerprint density at radius 1 is 1.23 bits per heavy atom. The summed E-state index contributed by atoms with van der Waals surface area (Å²) in [6, 6.07) is 17.0.